The monoisotopic (exact) mass is 211 g/mol. The summed E-state index contributed by atoms with van der Waals surface area (Å²) in [7, 11) is 0. The summed E-state index contributed by atoms with van der Waals surface area (Å²) >= 11 is 0. The first kappa shape index (κ1) is 16.1. The smallest absolute Gasteiger partial charge is 0.550 e. The van der Waals surface area contributed by atoms with E-state index in [1.54, 1.807) is 0 Å². The Kier molecular flexibility index (Phi) is 10.6. The van der Waals surface area contributed by atoms with Crippen LogP contribution < -0.4 is 15.5 Å². The van der Waals surface area contributed by atoms with Crippen LogP contribution in [-0.4, -0.2) is 47.6 Å². The maximum Gasteiger partial charge on any atom is 2.00 e. The topological polar surface area (TPSA) is 92.3 Å². The maximum atomic E-state index is 10.4. The molecule has 0 aliphatic rings. The SMILES string of the molecule is CCCCN[C@@H](CC(=O)[O-])C(=O)[O-].[Mg+2]. The van der Waals surface area contributed by atoms with Crippen LogP contribution in [0.25, 0.3) is 0 Å². The van der Waals surface area contributed by atoms with E-state index >= 15 is 0 Å². The minimum Gasteiger partial charge on any atom is -0.550 e. The summed E-state index contributed by atoms with van der Waals surface area (Å²) in [5.41, 5.74) is 0. The largest absolute Gasteiger partial charge is 2.00 e. The van der Waals surface area contributed by atoms with Crippen LogP contribution in [0.2, 0.25) is 0 Å². The van der Waals surface area contributed by atoms with Gasteiger partial charge in [0, 0.05) is 12.4 Å². The van der Waals surface area contributed by atoms with Crippen molar-refractivity contribution >= 4 is 35.0 Å². The summed E-state index contributed by atoms with van der Waals surface area (Å²) in [5.74, 6) is -2.79. The molecule has 1 atom stereocenters. The minimum atomic E-state index is -1.40. The fourth-order valence-corrected chi connectivity index (χ4v) is 0.859. The number of rotatable bonds is 7. The predicted octanol–water partition coefficient (Wildman–Crippen LogP) is -2.75. The van der Waals surface area contributed by atoms with Crippen molar-refractivity contribution < 1.29 is 19.8 Å². The van der Waals surface area contributed by atoms with Gasteiger partial charge in [-0.3, -0.25) is 0 Å². The predicted molar refractivity (Wildman–Crippen MR) is 47.1 cm³/mol. The van der Waals surface area contributed by atoms with Crippen molar-refractivity contribution in [1.29, 1.82) is 0 Å². The fraction of sp³-hybridized carbons (Fsp3) is 0.750. The molecule has 5 nitrogen and oxygen atoms in total. The Labute approximate surface area is 99.0 Å². The van der Waals surface area contributed by atoms with Crippen molar-refractivity contribution in [2.45, 2.75) is 32.2 Å². The number of unbranched alkanes of at least 4 members (excludes halogenated alkanes) is 1. The zero-order valence-electron chi connectivity index (χ0n) is 8.25. The van der Waals surface area contributed by atoms with Gasteiger partial charge in [-0.1, -0.05) is 13.3 Å². The van der Waals surface area contributed by atoms with Gasteiger partial charge in [0.1, 0.15) is 0 Å². The van der Waals surface area contributed by atoms with Crippen LogP contribution in [0.4, 0.5) is 0 Å². The molecule has 0 aromatic rings. The number of hydrogen-bond acceptors (Lipinski definition) is 5. The van der Waals surface area contributed by atoms with Crippen molar-refractivity contribution in [2.24, 2.45) is 0 Å². The second-order valence-electron chi connectivity index (χ2n) is 2.76. The van der Waals surface area contributed by atoms with E-state index in [0.29, 0.717) is 6.54 Å². The Morgan fingerprint density at radius 3 is 2.29 bits per heavy atom. The number of nitrogens with one attached hydrogen (secondary N) is 1. The number of carboxylic acids is 2. The average Bonchev–Trinajstić information content (AvgIpc) is 2.02. The van der Waals surface area contributed by atoms with Crippen molar-refractivity contribution in [3.63, 3.8) is 0 Å². The van der Waals surface area contributed by atoms with Gasteiger partial charge in [0.05, 0.1) is 12.0 Å². The van der Waals surface area contributed by atoms with Gasteiger partial charge in [0.25, 0.3) is 0 Å². The molecule has 0 bridgehead atoms. The number of aliphatic carboxylic acids is 2. The summed E-state index contributed by atoms with van der Waals surface area (Å²) in [4.78, 5) is 20.5. The average molecular weight is 211 g/mol. The van der Waals surface area contributed by atoms with Gasteiger partial charge in [-0.15, -0.1) is 0 Å². The molecule has 0 amide bonds. The van der Waals surface area contributed by atoms with Gasteiger partial charge < -0.3 is 25.1 Å². The molecule has 14 heavy (non-hydrogen) atoms. The zero-order valence-corrected chi connectivity index (χ0v) is 9.66. The second kappa shape index (κ2) is 9.23. The first-order valence-electron chi connectivity index (χ1n) is 4.22. The fourth-order valence-electron chi connectivity index (χ4n) is 0.859. The summed E-state index contributed by atoms with van der Waals surface area (Å²) in [5, 5.41) is 23.0. The molecule has 0 heterocycles. The molecule has 6 heteroatoms. The van der Waals surface area contributed by atoms with Crippen LogP contribution in [0, 0.1) is 0 Å². The van der Waals surface area contributed by atoms with E-state index < -0.39 is 24.4 Å². The molecule has 0 spiro atoms. The molecule has 76 valence electrons. The van der Waals surface area contributed by atoms with E-state index in [1.807, 2.05) is 6.92 Å². The molecular formula is C8H13MgNO4. The van der Waals surface area contributed by atoms with Crippen LogP contribution in [0.3, 0.4) is 0 Å². The van der Waals surface area contributed by atoms with Crippen LogP contribution in [0.5, 0.6) is 0 Å². The second-order valence-corrected chi connectivity index (χ2v) is 2.76. The van der Waals surface area contributed by atoms with Crippen molar-refractivity contribution in [2.75, 3.05) is 6.54 Å². The standard InChI is InChI=1S/C8H15NO4.Mg/c1-2-3-4-9-6(8(12)13)5-7(10)11;/h6,9H,2-5H2,1H3,(H,10,11)(H,12,13);/q;+2/p-2/t6-;/m0./s1. The Bertz CT molecular complexity index is 186. The Morgan fingerprint density at radius 2 is 1.93 bits per heavy atom. The zero-order chi connectivity index (χ0) is 10.3. The van der Waals surface area contributed by atoms with Crippen molar-refractivity contribution in [3.05, 3.63) is 0 Å². The maximum absolute atomic E-state index is 10.4. The molecule has 0 aromatic heterocycles. The Hall–Kier alpha value is -0.334. The van der Waals surface area contributed by atoms with Gasteiger partial charge in [-0.25, -0.2) is 0 Å². The van der Waals surface area contributed by atoms with E-state index in [0.717, 1.165) is 12.8 Å². The minimum absolute atomic E-state index is 0. The van der Waals surface area contributed by atoms with Crippen molar-refractivity contribution in [1.82, 2.24) is 5.32 Å². The van der Waals surface area contributed by atoms with Crippen LogP contribution in [0.1, 0.15) is 26.2 Å². The molecule has 0 saturated carbocycles. The van der Waals surface area contributed by atoms with Crippen LogP contribution in [0.15, 0.2) is 0 Å². The van der Waals surface area contributed by atoms with Crippen LogP contribution >= 0.6 is 0 Å². The number of hydrogen-bond donors (Lipinski definition) is 1. The molecule has 0 unspecified atom stereocenters. The normalized spacial score (nSPS) is 11.5. The van der Waals surface area contributed by atoms with Gasteiger partial charge in [0.15, 0.2) is 0 Å². The van der Waals surface area contributed by atoms with Gasteiger partial charge >= 0.3 is 23.1 Å². The first-order chi connectivity index (χ1) is 6.07. The molecule has 0 saturated heterocycles. The van der Waals surface area contributed by atoms with Crippen LogP contribution in [-0.2, 0) is 9.59 Å². The van der Waals surface area contributed by atoms with E-state index in [4.69, 9.17) is 0 Å². The molecule has 0 aliphatic heterocycles. The Morgan fingerprint density at radius 1 is 1.36 bits per heavy atom. The summed E-state index contributed by atoms with van der Waals surface area (Å²) in [6.07, 6.45) is 1.17. The molecular weight excluding hydrogens is 198 g/mol. The third-order valence-electron chi connectivity index (χ3n) is 1.58. The summed E-state index contributed by atoms with van der Waals surface area (Å²) in [6, 6.07) is -1.14. The number of carboxylic acid groups (broad SMARTS) is 2. The quantitative estimate of drug-likeness (QED) is 0.364. The van der Waals surface area contributed by atoms with E-state index in [9.17, 15) is 19.8 Å². The Balaban J connectivity index is 0. The third-order valence-corrected chi connectivity index (χ3v) is 1.58. The molecule has 0 rings (SSSR count). The number of carbonyl (C=O) groups excluding carboxylic acids is 2. The van der Waals surface area contributed by atoms with Gasteiger partial charge in [-0.2, -0.15) is 0 Å². The van der Waals surface area contributed by atoms with E-state index in [-0.39, 0.29) is 23.1 Å². The van der Waals surface area contributed by atoms with E-state index in [1.165, 1.54) is 0 Å². The number of carbonyl (C=O) groups is 2. The molecule has 0 radical (unpaired) electrons. The molecule has 1 N–H and O–H groups in total. The van der Waals surface area contributed by atoms with Crippen molar-refractivity contribution in [3.8, 4) is 0 Å². The molecule has 0 aromatic carbocycles. The van der Waals surface area contributed by atoms with Gasteiger partial charge in [-0.05, 0) is 13.0 Å². The van der Waals surface area contributed by atoms with Gasteiger partial charge in [0.2, 0.25) is 0 Å². The first-order valence-corrected chi connectivity index (χ1v) is 4.22. The molecule has 0 aliphatic carbocycles. The van der Waals surface area contributed by atoms with E-state index in [2.05, 4.69) is 5.32 Å². The molecule has 0 fully saturated rings. The third kappa shape index (κ3) is 8.27. The summed E-state index contributed by atoms with van der Waals surface area (Å²) < 4.78 is 0. The summed E-state index contributed by atoms with van der Waals surface area (Å²) in [6.45, 7) is 2.43.